The quantitative estimate of drug-likeness (QED) is 0.358. The van der Waals surface area contributed by atoms with E-state index < -0.39 is 4.08 Å². The molecule has 4 rings (SSSR count). The Morgan fingerprint density at radius 2 is 1.33 bits per heavy atom. The molecule has 0 unspecified atom stereocenters. The number of thiol groups is 2. The first-order valence-corrected chi connectivity index (χ1v) is 8.21. The monoisotopic (exact) mass is 358 g/mol. The summed E-state index contributed by atoms with van der Waals surface area (Å²) >= 11 is 9.53. The van der Waals surface area contributed by atoms with Crippen LogP contribution in [-0.4, -0.2) is 0 Å². The summed E-state index contributed by atoms with van der Waals surface area (Å²) in [5.74, 6) is 2.61. The minimum Gasteiger partial charge on any atom is -0.461 e. The minimum absolute atomic E-state index is 0.513. The number of hydrogen-bond donors (Lipinski definition) is 2. The van der Waals surface area contributed by atoms with Gasteiger partial charge in [0, 0.05) is 17.5 Å². The van der Waals surface area contributed by atoms with Crippen molar-refractivity contribution in [3.05, 3.63) is 72.6 Å². The average Bonchev–Trinajstić information content (AvgIpc) is 3.31. The molecule has 0 saturated carbocycles. The first-order chi connectivity index (χ1) is 11.6. The molecule has 0 fully saturated rings. The van der Waals surface area contributed by atoms with Crippen LogP contribution in [0.3, 0.4) is 0 Å². The molecule has 4 aromatic heterocycles. The van der Waals surface area contributed by atoms with Gasteiger partial charge in [-0.15, -0.1) is 0 Å². The van der Waals surface area contributed by atoms with Gasteiger partial charge in [-0.1, -0.05) is 0 Å². The molecule has 4 nitrogen and oxygen atoms in total. The van der Waals surface area contributed by atoms with Crippen molar-refractivity contribution in [1.29, 1.82) is 0 Å². The molecule has 0 amide bonds. The predicted octanol–water partition coefficient (Wildman–Crippen LogP) is 5.65. The third-order valence-electron chi connectivity index (χ3n) is 3.77. The van der Waals surface area contributed by atoms with Crippen molar-refractivity contribution >= 4 is 25.3 Å². The van der Waals surface area contributed by atoms with Crippen LogP contribution >= 0.6 is 25.3 Å². The maximum Gasteiger partial charge on any atom is 0.174 e. The summed E-state index contributed by atoms with van der Waals surface area (Å²) in [4.78, 5) is 0. The van der Waals surface area contributed by atoms with Gasteiger partial charge in [-0.3, -0.25) is 0 Å². The van der Waals surface area contributed by atoms with Crippen molar-refractivity contribution in [3.63, 3.8) is 0 Å². The molecule has 0 atom stereocenters. The maximum atomic E-state index is 5.58. The highest BCUT2D eigenvalue weighted by atomic mass is 32.2. The predicted molar refractivity (Wildman–Crippen MR) is 96.2 cm³/mol. The Kier molecular flexibility index (Phi) is 3.86. The van der Waals surface area contributed by atoms with Crippen molar-refractivity contribution in [2.24, 2.45) is 0 Å². The largest absolute Gasteiger partial charge is 0.461 e. The van der Waals surface area contributed by atoms with E-state index in [1.54, 1.807) is 25.1 Å². The second kappa shape index (κ2) is 6.03. The molecule has 0 aromatic carbocycles. The lowest BCUT2D eigenvalue weighted by molar-refractivity contribution is 0.519. The normalized spacial score (nSPS) is 11.9. The molecule has 6 heteroatoms. The summed E-state index contributed by atoms with van der Waals surface area (Å²) in [6.07, 6.45) is 6.97. The van der Waals surface area contributed by atoms with E-state index in [1.165, 1.54) is 0 Å². The average molecular weight is 358 g/mol. The topological polar surface area (TPSA) is 52.6 Å². The van der Waals surface area contributed by atoms with Crippen LogP contribution in [0.4, 0.5) is 0 Å². The molecule has 4 heterocycles. The van der Waals surface area contributed by atoms with E-state index in [2.05, 4.69) is 0 Å². The first-order valence-electron chi connectivity index (χ1n) is 7.32. The highest BCUT2D eigenvalue weighted by Gasteiger charge is 2.32. The highest BCUT2D eigenvalue weighted by molar-refractivity contribution is 7.99. The summed E-state index contributed by atoms with van der Waals surface area (Å²) in [7, 11) is 0. The van der Waals surface area contributed by atoms with Crippen LogP contribution in [0.15, 0.2) is 79.1 Å². The van der Waals surface area contributed by atoms with E-state index in [4.69, 9.17) is 42.9 Å². The summed E-state index contributed by atoms with van der Waals surface area (Å²) in [5.41, 5.74) is 1.78. The van der Waals surface area contributed by atoms with Crippen molar-refractivity contribution in [1.82, 2.24) is 0 Å². The molecular weight excluding hydrogens is 344 g/mol. The molecule has 0 aliphatic rings. The van der Waals surface area contributed by atoms with E-state index in [0.717, 1.165) is 11.1 Å². The first kappa shape index (κ1) is 15.4. The van der Waals surface area contributed by atoms with Crippen LogP contribution < -0.4 is 0 Å². The second-order valence-corrected chi connectivity index (χ2v) is 7.27. The fourth-order valence-electron chi connectivity index (χ4n) is 2.68. The van der Waals surface area contributed by atoms with Crippen LogP contribution in [0.2, 0.25) is 0 Å². The number of furan rings is 4. The highest BCUT2D eigenvalue weighted by Crippen LogP contribution is 2.44. The Bertz CT molecular complexity index is 914. The van der Waals surface area contributed by atoms with E-state index >= 15 is 0 Å². The van der Waals surface area contributed by atoms with Crippen LogP contribution in [-0.2, 0) is 10.5 Å². The van der Waals surface area contributed by atoms with Crippen molar-refractivity contribution < 1.29 is 17.7 Å². The van der Waals surface area contributed by atoms with Gasteiger partial charge in [0.15, 0.2) is 23.0 Å². The molecule has 0 aliphatic carbocycles. The number of hydrogen-bond acceptors (Lipinski definition) is 6. The van der Waals surface area contributed by atoms with Crippen LogP contribution in [0.1, 0.15) is 11.1 Å². The molecule has 122 valence electrons. The lowest BCUT2D eigenvalue weighted by Crippen LogP contribution is -2.14. The zero-order chi connectivity index (χ0) is 16.6. The van der Waals surface area contributed by atoms with E-state index in [9.17, 15) is 0 Å². The van der Waals surface area contributed by atoms with E-state index in [0.29, 0.717) is 29.5 Å². The Hall–Kier alpha value is -2.18. The number of rotatable bonds is 5. The Morgan fingerprint density at radius 1 is 0.708 bits per heavy atom. The molecule has 0 saturated heterocycles. The van der Waals surface area contributed by atoms with Crippen LogP contribution in [0.25, 0.3) is 23.0 Å². The Balaban J connectivity index is 1.68. The summed E-state index contributed by atoms with van der Waals surface area (Å²) < 4.78 is 21.2. The molecular formula is C18H14O4S2. The zero-order valence-electron chi connectivity index (χ0n) is 12.5. The Morgan fingerprint density at radius 3 is 2.00 bits per heavy atom. The molecule has 0 aliphatic heterocycles. The van der Waals surface area contributed by atoms with Gasteiger partial charge < -0.3 is 17.7 Å². The molecule has 0 spiro atoms. The second-order valence-electron chi connectivity index (χ2n) is 5.39. The van der Waals surface area contributed by atoms with Gasteiger partial charge in [0.05, 0.1) is 29.1 Å². The maximum absolute atomic E-state index is 5.58. The molecule has 0 bridgehead atoms. The molecule has 0 radical (unpaired) electrons. The summed E-state index contributed by atoms with van der Waals surface area (Å²) in [6.45, 7) is 0. The fraction of sp³-hybridized carbons (Fsp3) is 0.111. The smallest absolute Gasteiger partial charge is 0.174 e. The molecule has 0 N–H and O–H groups in total. The van der Waals surface area contributed by atoms with Gasteiger partial charge in [-0.05, 0) is 36.4 Å². The van der Waals surface area contributed by atoms with Crippen LogP contribution in [0, 0.1) is 0 Å². The van der Waals surface area contributed by atoms with Crippen molar-refractivity contribution in [3.8, 4) is 23.0 Å². The minimum atomic E-state index is -0.777. The van der Waals surface area contributed by atoms with Gasteiger partial charge in [-0.25, -0.2) is 0 Å². The van der Waals surface area contributed by atoms with Gasteiger partial charge in [0.25, 0.3) is 0 Å². The third kappa shape index (κ3) is 2.72. The summed E-state index contributed by atoms with van der Waals surface area (Å²) in [5, 5.41) is 0. The van der Waals surface area contributed by atoms with Gasteiger partial charge in [-0.2, -0.15) is 25.3 Å². The molecule has 24 heavy (non-hydrogen) atoms. The zero-order valence-corrected chi connectivity index (χ0v) is 14.3. The van der Waals surface area contributed by atoms with Gasteiger partial charge in [0.1, 0.15) is 0 Å². The lowest BCUT2D eigenvalue weighted by Gasteiger charge is -2.22. The standard InChI is InChI=1S/C18H14O4S2/c23-18(24,13-6-10-22-17(13)15-4-2-8-20-15)11-12-5-9-21-16(12)14-3-1-7-19-14/h1-10,23-24H,11H2. The summed E-state index contributed by atoms with van der Waals surface area (Å²) in [6, 6.07) is 11.1. The molecule has 4 aromatic rings. The van der Waals surface area contributed by atoms with Gasteiger partial charge >= 0.3 is 0 Å². The van der Waals surface area contributed by atoms with Crippen molar-refractivity contribution in [2.45, 2.75) is 10.5 Å². The van der Waals surface area contributed by atoms with E-state index in [-0.39, 0.29) is 0 Å². The van der Waals surface area contributed by atoms with Crippen LogP contribution in [0.5, 0.6) is 0 Å². The van der Waals surface area contributed by atoms with E-state index in [1.807, 2.05) is 36.4 Å². The third-order valence-corrected chi connectivity index (χ3v) is 4.57. The lowest BCUT2D eigenvalue weighted by atomic mass is 10.0. The fourth-order valence-corrected chi connectivity index (χ4v) is 3.38. The van der Waals surface area contributed by atoms with Gasteiger partial charge in [0.2, 0.25) is 0 Å². The SMILES string of the molecule is SC(S)(Cc1ccoc1-c1ccco1)c1ccoc1-c1ccco1. The Labute approximate surface area is 149 Å². The van der Waals surface area contributed by atoms with Crippen molar-refractivity contribution in [2.75, 3.05) is 0 Å².